The number of thioether (sulfide) groups is 1. The molecule has 1 heterocycles. The minimum atomic E-state index is -0.228. The second-order valence-electron chi connectivity index (χ2n) is 8.59. The predicted molar refractivity (Wildman–Crippen MR) is 148 cm³/mol. The van der Waals surface area contributed by atoms with Gasteiger partial charge in [-0.3, -0.25) is 14.2 Å². The molecule has 0 saturated heterocycles. The van der Waals surface area contributed by atoms with Gasteiger partial charge in [0, 0.05) is 42.6 Å². The average molecular weight is 518 g/mol. The number of nitrogens with zero attached hydrogens (tertiary/aromatic N) is 3. The maximum absolute atomic E-state index is 13.9. The third-order valence-corrected chi connectivity index (χ3v) is 7.23. The summed E-state index contributed by atoms with van der Waals surface area (Å²) in [7, 11) is 3.14. The third kappa shape index (κ3) is 5.64. The Labute approximate surface area is 221 Å². The highest BCUT2D eigenvalue weighted by molar-refractivity contribution is 7.98. The molecule has 1 aromatic heterocycles. The lowest BCUT2D eigenvalue weighted by Crippen LogP contribution is -2.30. The van der Waals surface area contributed by atoms with Crippen LogP contribution in [0.1, 0.15) is 35.3 Å². The summed E-state index contributed by atoms with van der Waals surface area (Å²) in [6, 6.07) is 18.7. The number of carbonyl (C=O) groups excluding carboxylic acids is 1. The molecule has 0 atom stereocenters. The van der Waals surface area contributed by atoms with Crippen LogP contribution in [0.15, 0.2) is 70.6 Å². The molecule has 0 fully saturated rings. The lowest BCUT2D eigenvalue weighted by atomic mass is 10.1. The van der Waals surface area contributed by atoms with Crippen molar-refractivity contribution in [3.05, 3.63) is 87.7 Å². The van der Waals surface area contributed by atoms with Gasteiger partial charge in [0.05, 0.1) is 30.8 Å². The summed E-state index contributed by atoms with van der Waals surface area (Å²) in [6.07, 6.45) is 0. The van der Waals surface area contributed by atoms with E-state index in [9.17, 15) is 9.59 Å². The van der Waals surface area contributed by atoms with Crippen LogP contribution < -0.4 is 15.0 Å². The van der Waals surface area contributed by atoms with Crippen molar-refractivity contribution < 1.29 is 14.3 Å². The molecule has 0 radical (unpaired) electrons. The highest BCUT2D eigenvalue weighted by atomic mass is 32.2. The molecule has 0 aliphatic carbocycles. The van der Waals surface area contributed by atoms with Gasteiger partial charge in [-0.2, -0.15) is 0 Å². The molecule has 8 heteroatoms. The molecule has 0 unspecified atom stereocenters. The Bertz CT molecular complexity index is 1460. The van der Waals surface area contributed by atoms with Gasteiger partial charge in [-0.1, -0.05) is 41.6 Å². The second-order valence-corrected chi connectivity index (χ2v) is 9.53. The van der Waals surface area contributed by atoms with Gasteiger partial charge in [0.1, 0.15) is 11.5 Å². The Morgan fingerprint density at radius 3 is 2.19 bits per heavy atom. The zero-order valence-corrected chi connectivity index (χ0v) is 22.6. The molecule has 7 nitrogen and oxygen atoms in total. The molecule has 37 heavy (non-hydrogen) atoms. The van der Waals surface area contributed by atoms with E-state index in [4.69, 9.17) is 14.5 Å². The van der Waals surface area contributed by atoms with Gasteiger partial charge in [-0.15, -0.1) is 0 Å². The normalized spacial score (nSPS) is 10.9. The first-order chi connectivity index (χ1) is 17.9. The van der Waals surface area contributed by atoms with E-state index in [0.717, 1.165) is 5.56 Å². The highest BCUT2D eigenvalue weighted by Crippen LogP contribution is 2.29. The summed E-state index contributed by atoms with van der Waals surface area (Å²) >= 11 is 1.46. The minimum absolute atomic E-state index is 0.0794. The largest absolute Gasteiger partial charge is 0.497 e. The predicted octanol–water partition coefficient (Wildman–Crippen LogP) is 5.49. The first-order valence-electron chi connectivity index (χ1n) is 12.2. The van der Waals surface area contributed by atoms with Crippen LogP contribution in [0.5, 0.6) is 11.5 Å². The zero-order valence-electron chi connectivity index (χ0n) is 21.8. The lowest BCUT2D eigenvalue weighted by molar-refractivity contribution is 0.0773. The molecule has 4 rings (SSSR count). The molecule has 1 amide bonds. The van der Waals surface area contributed by atoms with E-state index in [1.807, 2.05) is 20.8 Å². The molecule has 4 aromatic rings. The number of aromatic nitrogens is 2. The number of aryl methyl sites for hydroxylation is 1. The Morgan fingerprint density at radius 2 is 1.59 bits per heavy atom. The fraction of sp³-hybridized carbons (Fsp3) is 0.276. The monoisotopic (exact) mass is 517 g/mol. The van der Waals surface area contributed by atoms with Crippen molar-refractivity contribution in [1.29, 1.82) is 0 Å². The first kappa shape index (κ1) is 26.3. The summed E-state index contributed by atoms with van der Waals surface area (Å²) in [5, 5.41) is 0.943. The third-order valence-electron chi connectivity index (χ3n) is 6.22. The van der Waals surface area contributed by atoms with Gasteiger partial charge in [0.15, 0.2) is 5.16 Å². The average Bonchev–Trinajstić information content (AvgIpc) is 2.92. The van der Waals surface area contributed by atoms with E-state index in [-0.39, 0.29) is 11.5 Å². The molecule has 0 saturated carbocycles. The van der Waals surface area contributed by atoms with Crippen LogP contribution in [0, 0.1) is 6.92 Å². The molecular formula is C29H31N3O4S. The fourth-order valence-corrected chi connectivity index (χ4v) is 5.04. The van der Waals surface area contributed by atoms with E-state index < -0.39 is 0 Å². The SMILES string of the molecule is CCN(CC)C(=O)c1ccc2c(=O)n(-c3cc(OC)cc(OC)c3)c(SCc3ccc(C)cc3)nc2c1. The van der Waals surface area contributed by atoms with Crippen LogP contribution in [0.2, 0.25) is 0 Å². The summed E-state index contributed by atoms with van der Waals surface area (Å²) in [5.41, 5.74) is 3.66. The summed E-state index contributed by atoms with van der Waals surface area (Å²) < 4.78 is 12.5. The van der Waals surface area contributed by atoms with Crippen molar-refractivity contribution in [1.82, 2.24) is 14.5 Å². The Morgan fingerprint density at radius 1 is 0.946 bits per heavy atom. The van der Waals surface area contributed by atoms with Crippen LogP contribution in [-0.2, 0) is 5.75 Å². The number of carbonyl (C=O) groups is 1. The van der Waals surface area contributed by atoms with Crippen molar-refractivity contribution in [2.45, 2.75) is 31.7 Å². The quantitative estimate of drug-likeness (QED) is 0.216. The van der Waals surface area contributed by atoms with Crippen molar-refractivity contribution in [3.8, 4) is 17.2 Å². The highest BCUT2D eigenvalue weighted by Gasteiger charge is 2.18. The number of benzene rings is 3. The van der Waals surface area contributed by atoms with Gasteiger partial charge in [-0.25, -0.2) is 4.98 Å². The van der Waals surface area contributed by atoms with E-state index >= 15 is 0 Å². The van der Waals surface area contributed by atoms with E-state index in [0.29, 0.717) is 57.7 Å². The molecule has 0 N–H and O–H groups in total. The topological polar surface area (TPSA) is 73.7 Å². The summed E-state index contributed by atoms with van der Waals surface area (Å²) in [6.45, 7) is 7.16. The standard InChI is InChI=1S/C29H31N3O4S/c1-6-31(7-2)27(33)21-12-13-25-26(14-21)30-29(37-18-20-10-8-19(3)9-11-20)32(28(25)34)22-15-23(35-4)17-24(16-22)36-5/h8-17H,6-7,18H2,1-5H3. The summed E-state index contributed by atoms with van der Waals surface area (Å²) in [4.78, 5) is 33.5. The smallest absolute Gasteiger partial charge is 0.266 e. The Hall–Kier alpha value is -3.78. The maximum atomic E-state index is 13.9. The van der Waals surface area contributed by atoms with Crippen molar-refractivity contribution in [3.63, 3.8) is 0 Å². The first-order valence-corrected chi connectivity index (χ1v) is 13.1. The van der Waals surface area contributed by atoms with Crippen molar-refractivity contribution in [2.24, 2.45) is 0 Å². The van der Waals surface area contributed by atoms with Crippen LogP contribution >= 0.6 is 11.8 Å². The van der Waals surface area contributed by atoms with Crippen LogP contribution in [0.25, 0.3) is 16.6 Å². The molecule has 192 valence electrons. The zero-order chi connectivity index (χ0) is 26.5. The van der Waals surface area contributed by atoms with E-state index in [2.05, 4.69) is 24.3 Å². The second kappa shape index (κ2) is 11.5. The maximum Gasteiger partial charge on any atom is 0.266 e. The molecule has 0 spiro atoms. The van der Waals surface area contributed by atoms with Gasteiger partial charge in [0.2, 0.25) is 0 Å². The van der Waals surface area contributed by atoms with E-state index in [1.165, 1.54) is 17.3 Å². The van der Waals surface area contributed by atoms with Crippen LogP contribution in [0.3, 0.4) is 0 Å². The number of rotatable bonds is 9. The van der Waals surface area contributed by atoms with Crippen molar-refractivity contribution >= 4 is 28.6 Å². The van der Waals surface area contributed by atoms with E-state index in [1.54, 1.807) is 60.1 Å². The number of amides is 1. The Balaban J connectivity index is 1.88. The Kier molecular flexibility index (Phi) is 8.18. The number of hydrogen-bond donors (Lipinski definition) is 0. The van der Waals surface area contributed by atoms with Gasteiger partial charge in [-0.05, 0) is 44.5 Å². The number of hydrogen-bond acceptors (Lipinski definition) is 6. The van der Waals surface area contributed by atoms with Gasteiger partial charge < -0.3 is 14.4 Å². The molecule has 0 aliphatic rings. The number of ether oxygens (including phenoxy) is 2. The van der Waals surface area contributed by atoms with Crippen molar-refractivity contribution in [2.75, 3.05) is 27.3 Å². The number of fused-ring (bicyclic) bond motifs is 1. The van der Waals surface area contributed by atoms with Crippen LogP contribution in [-0.4, -0.2) is 47.7 Å². The molecule has 0 bridgehead atoms. The molecule has 0 aliphatic heterocycles. The fourth-order valence-electron chi connectivity index (χ4n) is 4.07. The number of methoxy groups -OCH3 is 2. The summed E-state index contributed by atoms with van der Waals surface area (Å²) in [5.74, 6) is 1.67. The molecular weight excluding hydrogens is 486 g/mol. The lowest BCUT2D eigenvalue weighted by Gasteiger charge is -2.19. The van der Waals surface area contributed by atoms with Crippen LogP contribution in [0.4, 0.5) is 0 Å². The van der Waals surface area contributed by atoms with Gasteiger partial charge in [0.25, 0.3) is 11.5 Å². The minimum Gasteiger partial charge on any atom is -0.497 e. The van der Waals surface area contributed by atoms with Gasteiger partial charge >= 0.3 is 0 Å². The molecule has 3 aromatic carbocycles.